The molecule has 2 atom stereocenters. The first-order chi connectivity index (χ1) is 3.80. The first kappa shape index (κ1) is 6.05. The van der Waals surface area contributed by atoms with Crippen molar-refractivity contribution >= 4 is 0 Å². The lowest BCUT2D eigenvalue weighted by atomic mass is 10.0. The highest BCUT2D eigenvalue weighted by atomic mass is 16.5. The average molecular weight is 116 g/mol. The van der Waals surface area contributed by atoms with Crippen LogP contribution in [0.25, 0.3) is 0 Å². The highest BCUT2D eigenvalue weighted by Crippen LogP contribution is 2.15. The third-order valence-corrected chi connectivity index (χ3v) is 1.65. The standard InChI is InChI=1S/C6H12O2/c1-5(7)6-2-3-8-4-6/h5-7H,2-4H2,1H3/t5-,6?/m0/s1. The molecule has 2 heteroatoms. The molecule has 0 aromatic heterocycles. The molecular weight excluding hydrogens is 104 g/mol. The second-order valence-electron chi connectivity index (χ2n) is 2.36. The number of ether oxygens (including phenoxy) is 1. The Bertz CT molecular complexity index is 64.9. The Labute approximate surface area is 49.5 Å². The quantitative estimate of drug-likeness (QED) is 0.537. The summed E-state index contributed by atoms with van der Waals surface area (Å²) in [5, 5.41) is 8.97. The molecule has 1 rings (SSSR count). The number of hydrogen-bond donors (Lipinski definition) is 1. The third-order valence-electron chi connectivity index (χ3n) is 1.65. The van der Waals surface area contributed by atoms with E-state index in [1.165, 1.54) is 0 Å². The lowest BCUT2D eigenvalue weighted by Crippen LogP contribution is -2.15. The smallest absolute Gasteiger partial charge is 0.0563 e. The molecule has 0 aliphatic carbocycles. The van der Waals surface area contributed by atoms with Gasteiger partial charge in [-0.05, 0) is 13.3 Å². The Morgan fingerprint density at radius 1 is 1.75 bits per heavy atom. The maximum Gasteiger partial charge on any atom is 0.0563 e. The molecule has 2 nitrogen and oxygen atoms in total. The van der Waals surface area contributed by atoms with E-state index in [0.29, 0.717) is 5.92 Å². The molecule has 0 aromatic carbocycles. The van der Waals surface area contributed by atoms with E-state index in [1.807, 2.05) is 6.92 Å². The average Bonchev–Trinajstić information content (AvgIpc) is 2.12. The van der Waals surface area contributed by atoms with Crippen LogP contribution in [-0.2, 0) is 4.74 Å². The van der Waals surface area contributed by atoms with Crippen molar-refractivity contribution in [3.05, 3.63) is 0 Å². The van der Waals surface area contributed by atoms with Crippen LogP contribution in [0, 0.1) is 5.92 Å². The zero-order valence-electron chi connectivity index (χ0n) is 5.13. The van der Waals surface area contributed by atoms with Gasteiger partial charge in [-0.2, -0.15) is 0 Å². The Hall–Kier alpha value is -0.0800. The van der Waals surface area contributed by atoms with Gasteiger partial charge in [-0.15, -0.1) is 0 Å². The van der Waals surface area contributed by atoms with Gasteiger partial charge < -0.3 is 9.84 Å². The maximum absolute atomic E-state index is 8.97. The van der Waals surface area contributed by atoms with Gasteiger partial charge in [0.05, 0.1) is 12.7 Å². The molecule has 1 heterocycles. The van der Waals surface area contributed by atoms with Gasteiger partial charge in [-0.3, -0.25) is 0 Å². The topological polar surface area (TPSA) is 29.5 Å². The van der Waals surface area contributed by atoms with Crippen LogP contribution in [0.4, 0.5) is 0 Å². The fourth-order valence-electron chi connectivity index (χ4n) is 0.933. The van der Waals surface area contributed by atoms with Crippen LogP contribution < -0.4 is 0 Å². The van der Waals surface area contributed by atoms with Crippen molar-refractivity contribution in [1.82, 2.24) is 0 Å². The predicted octanol–water partition coefficient (Wildman–Crippen LogP) is 0.404. The largest absolute Gasteiger partial charge is 0.393 e. The van der Waals surface area contributed by atoms with E-state index in [-0.39, 0.29) is 6.10 Å². The van der Waals surface area contributed by atoms with Gasteiger partial charge in [0.2, 0.25) is 0 Å². The molecule has 0 bridgehead atoms. The number of aliphatic hydroxyl groups is 1. The number of hydrogen-bond acceptors (Lipinski definition) is 2. The highest BCUT2D eigenvalue weighted by Gasteiger charge is 2.19. The van der Waals surface area contributed by atoms with E-state index in [4.69, 9.17) is 9.84 Å². The van der Waals surface area contributed by atoms with E-state index in [2.05, 4.69) is 0 Å². The van der Waals surface area contributed by atoms with Crippen molar-refractivity contribution in [1.29, 1.82) is 0 Å². The molecule has 0 spiro atoms. The monoisotopic (exact) mass is 116 g/mol. The van der Waals surface area contributed by atoms with Gasteiger partial charge in [-0.1, -0.05) is 0 Å². The molecule has 0 radical (unpaired) electrons. The number of aliphatic hydroxyl groups excluding tert-OH is 1. The summed E-state index contributed by atoms with van der Waals surface area (Å²) >= 11 is 0. The Morgan fingerprint density at radius 2 is 2.50 bits per heavy atom. The van der Waals surface area contributed by atoms with Gasteiger partial charge in [0.15, 0.2) is 0 Å². The summed E-state index contributed by atoms with van der Waals surface area (Å²) in [6.45, 7) is 3.40. The van der Waals surface area contributed by atoms with Crippen molar-refractivity contribution in [3.63, 3.8) is 0 Å². The van der Waals surface area contributed by atoms with E-state index >= 15 is 0 Å². The summed E-state index contributed by atoms with van der Waals surface area (Å²) in [6.07, 6.45) is 0.843. The number of rotatable bonds is 1. The molecular formula is C6H12O2. The van der Waals surface area contributed by atoms with Crippen molar-refractivity contribution in [2.45, 2.75) is 19.4 Å². The van der Waals surface area contributed by atoms with E-state index in [9.17, 15) is 0 Å². The van der Waals surface area contributed by atoms with E-state index in [1.54, 1.807) is 0 Å². The maximum atomic E-state index is 8.97. The summed E-state index contributed by atoms with van der Waals surface area (Å²) in [5.41, 5.74) is 0. The van der Waals surface area contributed by atoms with Crippen LogP contribution in [0.1, 0.15) is 13.3 Å². The van der Waals surface area contributed by atoms with Gasteiger partial charge >= 0.3 is 0 Å². The van der Waals surface area contributed by atoms with Gasteiger partial charge in [-0.25, -0.2) is 0 Å². The molecule has 0 saturated carbocycles. The van der Waals surface area contributed by atoms with Crippen LogP contribution in [0.3, 0.4) is 0 Å². The Balaban J connectivity index is 2.24. The Morgan fingerprint density at radius 3 is 2.75 bits per heavy atom. The first-order valence-electron chi connectivity index (χ1n) is 3.06. The third kappa shape index (κ3) is 1.20. The summed E-state index contributed by atoms with van der Waals surface area (Å²) in [4.78, 5) is 0. The fourth-order valence-corrected chi connectivity index (χ4v) is 0.933. The van der Waals surface area contributed by atoms with Gasteiger partial charge in [0.1, 0.15) is 0 Å². The van der Waals surface area contributed by atoms with Crippen molar-refractivity contribution in [2.24, 2.45) is 5.92 Å². The molecule has 1 unspecified atom stereocenters. The molecule has 8 heavy (non-hydrogen) atoms. The summed E-state index contributed by atoms with van der Waals surface area (Å²) in [5.74, 6) is 0.398. The van der Waals surface area contributed by atoms with Gasteiger partial charge in [0.25, 0.3) is 0 Å². The lowest BCUT2D eigenvalue weighted by Gasteiger charge is -2.08. The van der Waals surface area contributed by atoms with Crippen molar-refractivity contribution < 1.29 is 9.84 Å². The molecule has 1 saturated heterocycles. The Kier molecular flexibility index (Phi) is 1.86. The molecule has 1 aliphatic heterocycles. The van der Waals surface area contributed by atoms with Crippen LogP contribution >= 0.6 is 0 Å². The van der Waals surface area contributed by atoms with Crippen LogP contribution in [0.15, 0.2) is 0 Å². The minimum Gasteiger partial charge on any atom is -0.393 e. The van der Waals surface area contributed by atoms with Crippen LogP contribution in [0.5, 0.6) is 0 Å². The normalized spacial score (nSPS) is 33.0. The first-order valence-corrected chi connectivity index (χ1v) is 3.06. The highest BCUT2D eigenvalue weighted by molar-refractivity contribution is 4.68. The fraction of sp³-hybridized carbons (Fsp3) is 1.00. The molecule has 1 N–H and O–H groups in total. The minimum atomic E-state index is -0.183. The SMILES string of the molecule is C[C@H](O)C1CCOC1. The molecule has 48 valence electrons. The molecule has 1 aliphatic rings. The minimum absolute atomic E-state index is 0.183. The second kappa shape index (κ2) is 2.46. The van der Waals surface area contributed by atoms with Crippen LogP contribution in [0.2, 0.25) is 0 Å². The zero-order valence-corrected chi connectivity index (χ0v) is 5.13. The summed E-state index contributed by atoms with van der Waals surface area (Å²) in [6, 6.07) is 0. The second-order valence-corrected chi connectivity index (χ2v) is 2.36. The zero-order chi connectivity index (χ0) is 5.98. The van der Waals surface area contributed by atoms with Crippen molar-refractivity contribution in [2.75, 3.05) is 13.2 Å². The van der Waals surface area contributed by atoms with Gasteiger partial charge in [0, 0.05) is 12.5 Å². The molecule has 1 fully saturated rings. The van der Waals surface area contributed by atoms with E-state index < -0.39 is 0 Å². The molecule has 0 aromatic rings. The summed E-state index contributed by atoms with van der Waals surface area (Å²) in [7, 11) is 0. The predicted molar refractivity (Wildman–Crippen MR) is 30.6 cm³/mol. The summed E-state index contributed by atoms with van der Waals surface area (Å²) < 4.78 is 5.06. The molecule has 0 amide bonds. The van der Waals surface area contributed by atoms with Crippen molar-refractivity contribution in [3.8, 4) is 0 Å². The van der Waals surface area contributed by atoms with Crippen LogP contribution in [-0.4, -0.2) is 24.4 Å². The van der Waals surface area contributed by atoms with E-state index in [0.717, 1.165) is 19.6 Å². The lowest BCUT2D eigenvalue weighted by molar-refractivity contribution is 0.106.